The Morgan fingerprint density at radius 1 is 1.25 bits per heavy atom. The first-order valence-electron chi connectivity index (χ1n) is 6.53. The molecule has 1 amide bonds. The van der Waals surface area contributed by atoms with Crippen LogP contribution in [-0.4, -0.2) is 43.5 Å². The van der Waals surface area contributed by atoms with Crippen molar-refractivity contribution < 1.29 is 4.79 Å². The van der Waals surface area contributed by atoms with Crippen LogP contribution in [0.4, 0.5) is 5.82 Å². The third kappa shape index (κ3) is 2.88. The summed E-state index contributed by atoms with van der Waals surface area (Å²) in [5.41, 5.74) is 7.66. The predicted molar refractivity (Wildman–Crippen MR) is 81.6 cm³/mol. The fraction of sp³-hybridized carbons (Fsp3) is 0.333. The van der Waals surface area contributed by atoms with Crippen LogP contribution in [0, 0.1) is 0 Å². The Bertz CT molecular complexity index is 624. The van der Waals surface area contributed by atoms with Crippen molar-refractivity contribution in [1.29, 1.82) is 0 Å². The zero-order valence-corrected chi connectivity index (χ0v) is 12.1. The van der Waals surface area contributed by atoms with Gasteiger partial charge in [0.05, 0.1) is 12.1 Å². The van der Waals surface area contributed by atoms with Crippen molar-refractivity contribution >= 4 is 22.6 Å². The maximum absolute atomic E-state index is 11.8. The maximum atomic E-state index is 11.8. The topological polar surface area (TPSA) is 62.5 Å². The molecule has 5 nitrogen and oxygen atoms in total. The molecule has 2 rings (SSSR count). The minimum absolute atomic E-state index is 0.0328. The highest BCUT2D eigenvalue weighted by Gasteiger charge is 2.14. The van der Waals surface area contributed by atoms with E-state index in [1.807, 2.05) is 42.3 Å². The average Bonchev–Trinajstić information content (AvgIpc) is 2.45. The molecule has 0 saturated heterocycles. The number of hydrogen-bond acceptors (Lipinski definition) is 4. The van der Waals surface area contributed by atoms with Crippen LogP contribution in [-0.2, 0) is 11.3 Å². The number of rotatable bonds is 4. The molecule has 5 heteroatoms. The van der Waals surface area contributed by atoms with Crippen LogP contribution in [0.2, 0.25) is 0 Å². The lowest BCUT2D eigenvalue weighted by atomic mass is 10.1. The van der Waals surface area contributed by atoms with Crippen molar-refractivity contribution in [3.63, 3.8) is 0 Å². The Kier molecular flexibility index (Phi) is 4.20. The first-order valence-corrected chi connectivity index (χ1v) is 6.53. The van der Waals surface area contributed by atoms with E-state index in [0.717, 1.165) is 22.3 Å². The molecule has 0 fully saturated rings. The molecule has 0 saturated carbocycles. The second-order valence-electron chi connectivity index (χ2n) is 5.01. The third-order valence-corrected chi connectivity index (χ3v) is 3.23. The number of aromatic nitrogens is 1. The lowest BCUT2D eigenvalue weighted by Crippen LogP contribution is -2.35. The summed E-state index contributed by atoms with van der Waals surface area (Å²) in [6.45, 7) is 0.680. The highest BCUT2D eigenvalue weighted by Crippen LogP contribution is 2.22. The molecular weight excluding hydrogens is 252 g/mol. The number of para-hydroxylation sites is 1. The van der Waals surface area contributed by atoms with Gasteiger partial charge in [-0.3, -0.25) is 4.79 Å². The van der Waals surface area contributed by atoms with Gasteiger partial charge in [-0.1, -0.05) is 18.2 Å². The van der Waals surface area contributed by atoms with Crippen LogP contribution in [0.15, 0.2) is 30.3 Å². The van der Waals surface area contributed by atoms with E-state index in [0.29, 0.717) is 6.54 Å². The number of anilines is 1. The Hall–Kier alpha value is -2.14. The van der Waals surface area contributed by atoms with E-state index in [-0.39, 0.29) is 12.5 Å². The molecule has 0 radical (unpaired) electrons. The average molecular weight is 272 g/mol. The smallest absolute Gasteiger partial charge is 0.241 e. The van der Waals surface area contributed by atoms with Gasteiger partial charge in [-0.15, -0.1) is 0 Å². The first kappa shape index (κ1) is 14.3. The summed E-state index contributed by atoms with van der Waals surface area (Å²) in [4.78, 5) is 19.9. The molecule has 0 spiro atoms. The Labute approximate surface area is 119 Å². The second kappa shape index (κ2) is 5.88. The van der Waals surface area contributed by atoms with Crippen molar-refractivity contribution in [2.24, 2.45) is 5.73 Å². The number of hydrogen-bond donors (Lipinski definition) is 1. The summed E-state index contributed by atoms with van der Waals surface area (Å²) >= 11 is 0. The van der Waals surface area contributed by atoms with Crippen LogP contribution in [0.3, 0.4) is 0 Å². The summed E-state index contributed by atoms with van der Waals surface area (Å²) < 4.78 is 0. The molecule has 1 heterocycles. The number of nitrogens with zero attached hydrogens (tertiary/aromatic N) is 3. The molecule has 20 heavy (non-hydrogen) atoms. The molecule has 1 aromatic carbocycles. The van der Waals surface area contributed by atoms with Gasteiger partial charge in [0, 0.05) is 38.6 Å². The Morgan fingerprint density at radius 2 is 1.95 bits per heavy atom. The molecule has 0 unspecified atom stereocenters. The van der Waals surface area contributed by atoms with E-state index < -0.39 is 0 Å². The van der Waals surface area contributed by atoms with Gasteiger partial charge in [0.25, 0.3) is 0 Å². The van der Waals surface area contributed by atoms with Gasteiger partial charge in [-0.25, -0.2) is 4.98 Å². The van der Waals surface area contributed by atoms with Gasteiger partial charge in [-0.2, -0.15) is 0 Å². The number of nitrogens with two attached hydrogens (primary N) is 1. The number of carbonyl (C=O) groups excluding carboxylic acids is 1. The summed E-state index contributed by atoms with van der Waals surface area (Å²) in [5.74, 6) is 0.798. The molecule has 0 aliphatic heterocycles. The Balaban J connectivity index is 2.39. The van der Waals surface area contributed by atoms with Gasteiger partial charge in [0.2, 0.25) is 5.91 Å². The quantitative estimate of drug-likeness (QED) is 0.909. The van der Waals surface area contributed by atoms with E-state index in [1.54, 1.807) is 19.0 Å². The molecule has 0 aliphatic carbocycles. The van der Waals surface area contributed by atoms with Crippen molar-refractivity contribution in [3.05, 3.63) is 35.9 Å². The fourth-order valence-corrected chi connectivity index (χ4v) is 2.05. The maximum Gasteiger partial charge on any atom is 0.241 e. The van der Waals surface area contributed by atoms with Gasteiger partial charge < -0.3 is 15.5 Å². The summed E-state index contributed by atoms with van der Waals surface area (Å²) in [7, 11) is 5.35. The van der Waals surface area contributed by atoms with E-state index in [2.05, 4.69) is 4.98 Å². The van der Waals surface area contributed by atoms with Crippen LogP contribution in [0.5, 0.6) is 0 Å². The molecule has 0 aliphatic rings. The SMILES string of the molecule is CN(C)C(=O)CN(C)c1nc2ccccc2cc1CN. The number of amides is 1. The zero-order valence-electron chi connectivity index (χ0n) is 12.1. The molecule has 0 atom stereocenters. The Morgan fingerprint density at radius 3 is 2.60 bits per heavy atom. The van der Waals surface area contributed by atoms with E-state index >= 15 is 0 Å². The minimum Gasteiger partial charge on any atom is -0.350 e. The van der Waals surface area contributed by atoms with Crippen LogP contribution >= 0.6 is 0 Å². The molecule has 2 aromatic rings. The van der Waals surface area contributed by atoms with Gasteiger partial charge in [-0.05, 0) is 12.1 Å². The summed E-state index contributed by atoms with van der Waals surface area (Å²) in [6.07, 6.45) is 0. The normalized spacial score (nSPS) is 10.6. The number of fused-ring (bicyclic) bond motifs is 1. The molecular formula is C15H20N4O. The predicted octanol–water partition coefficient (Wildman–Crippen LogP) is 1.22. The van der Waals surface area contributed by atoms with Crippen molar-refractivity contribution in [1.82, 2.24) is 9.88 Å². The van der Waals surface area contributed by atoms with Crippen molar-refractivity contribution in [2.45, 2.75) is 6.54 Å². The lowest BCUT2D eigenvalue weighted by Gasteiger charge is -2.22. The number of carbonyl (C=O) groups is 1. The minimum atomic E-state index is 0.0328. The first-order chi connectivity index (χ1) is 9.52. The summed E-state index contributed by atoms with van der Waals surface area (Å²) in [5, 5.41) is 1.06. The number of benzene rings is 1. The highest BCUT2D eigenvalue weighted by molar-refractivity contribution is 5.84. The largest absolute Gasteiger partial charge is 0.350 e. The molecule has 2 N–H and O–H groups in total. The molecule has 0 bridgehead atoms. The fourth-order valence-electron chi connectivity index (χ4n) is 2.05. The van der Waals surface area contributed by atoms with E-state index in [4.69, 9.17) is 5.73 Å². The number of pyridine rings is 1. The lowest BCUT2D eigenvalue weighted by molar-refractivity contribution is -0.127. The molecule has 1 aromatic heterocycles. The van der Waals surface area contributed by atoms with Crippen LogP contribution < -0.4 is 10.6 Å². The zero-order chi connectivity index (χ0) is 14.7. The van der Waals surface area contributed by atoms with Crippen LogP contribution in [0.1, 0.15) is 5.56 Å². The van der Waals surface area contributed by atoms with Crippen LogP contribution in [0.25, 0.3) is 10.9 Å². The monoisotopic (exact) mass is 272 g/mol. The summed E-state index contributed by atoms with van der Waals surface area (Å²) in [6, 6.07) is 9.93. The van der Waals surface area contributed by atoms with Crippen molar-refractivity contribution in [2.75, 3.05) is 32.6 Å². The van der Waals surface area contributed by atoms with E-state index in [1.165, 1.54) is 0 Å². The third-order valence-electron chi connectivity index (χ3n) is 3.23. The van der Waals surface area contributed by atoms with Gasteiger partial charge >= 0.3 is 0 Å². The van der Waals surface area contributed by atoms with Gasteiger partial charge in [0.15, 0.2) is 0 Å². The van der Waals surface area contributed by atoms with Gasteiger partial charge in [0.1, 0.15) is 5.82 Å². The van der Waals surface area contributed by atoms with Crippen molar-refractivity contribution in [3.8, 4) is 0 Å². The van der Waals surface area contributed by atoms with E-state index in [9.17, 15) is 4.79 Å². The molecule has 106 valence electrons. The standard InChI is InChI=1S/C15H20N4O/c1-18(2)14(20)10-19(3)15-12(9-16)8-11-6-4-5-7-13(11)17-15/h4-8H,9-10,16H2,1-3H3. The second-order valence-corrected chi connectivity index (χ2v) is 5.01. The number of likely N-dealkylation sites (N-methyl/N-ethyl adjacent to an activating group) is 2. The highest BCUT2D eigenvalue weighted by atomic mass is 16.2.